The van der Waals surface area contributed by atoms with E-state index in [4.69, 9.17) is 4.74 Å². The number of aliphatic hydroxyl groups is 4. The Morgan fingerprint density at radius 1 is 1.10 bits per heavy atom. The fourth-order valence-corrected chi connectivity index (χ4v) is 2.61. The Hall–Kier alpha value is -1.18. The molecule has 0 radical (unpaired) electrons. The largest absolute Gasteiger partial charge is 0.494 e. The lowest BCUT2D eigenvalue weighted by molar-refractivity contribution is -0.145. The fourth-order valence-electron chi connectivity index (χ4n) is 2.61. The summed E-state index contributed by atoms with van der Waals surface area (Å²) in [5.41, 5.74) is 0. The minimum absolute atomic E-state index is 0.231. The third-order valence-electron chi connectivity index (χ3n) is 3.82. The lowest BCUT2D eigenvalue weighted by atomic mass is 9.94. The fraction of sp³-hybridized carbons (Fsp3) is 0.600. The van der Waals surface area contributed by atoms with Crippen LogP contribution in [0, 0.1) is 0 Å². The molecule has 1 aromatic rings. The SMILES string of the molecule is OCC1C(O)C(O)C(O)CN1CCCOc1ccccc1. The van der Waals surface area contributed by atoms with Crippen LogP contribution in [0.25, 0.3) is 0 Å². The van der Waals surface area contributed by atoms with Crippen LogP contribution >= 0.6 is 0 Å². The summed E-state index contributed by atoms with van der Waals surface area (Å²) in [7, 11) is 0. The van der Waals surface area contributed by atoms with Gasteiger partial charge in [-0.3, -0.25) is 4.90 Å². The first-order chi connectivity index (χ1) is 10.1. The van der Waals surface area contributed by atoms with E-state index in [0.29, 0.717) is 19.6 Å². The predicted octanol–water partition coefficient (Wildman–Crippen LogP) is -0.785. The van der Waals surface area contributed by atoms with Crippen LogP contribution < -0.4 is 4.74 Å². The van der Waals surface area contributed by atoms with E-state index in [9.17, 15) is 20.4 Å². The maximum atomic E-state index is 9.87. The molecule has 4 atom stereocenters. The minimum Gasteiger partial charge on any atom is -0.494 e. The maximum absolute atomic E-state index is 9.87. The molecular formula is C15H23NO5. The molecule has 2 rings (SSSR count). The number of rotatable bonds is 6. The molecule has 4 N–H and O–H groups in total. The van der Waals surface area contributed by atoms with Crippen molar-refractivity contribution in [3.8, 4) is 5.75 Å². The number of aliphatic hydroxyl groups excluding tert-OH is 4. The lowest BCUT2D eigenvalue weighted by Gasteiger charge is -2.43. The van der Waals surface area contributed by atoms with E-state index in [0.717, 1.165) is 5.75 Å². The molecule has 0 spiro atoms. The van der Waals surface area contributed by atoms with E-state index < -0.39 is 24.4 Å². The van der Waals surface area contributed by atoms with Gasteiger partial charge < -0.3 is 25.2 Å². The summed E-state index contributed by atoms with van der Waals surface area (Å²) in [6.07, 6.45) is -2.66. The van der Waals surface area contributed by atoms with Crippen LogP contribution in [-0.2, 0) is 0 Å². The third-order valence-corrected chi connectivity index (χ3v) is 3.82. The van der Waals surface area contributed by atoms with Crippen molar-refractivity contribution in [2.45, 2.75) is 30.8 Å². The summed E-state index contributed by atoms with van der Waals surface area (Å²) >= 11 is 0. The number of piperidine rings is 1. The van der Waals surface area contributed by atoms with Crippen molar-refractivity contribution in [3.05, 3.63) is 30.3 Å². The van der Waals surface area contributed by atoms with Gasteiger partial charge in [0, 0.05) is 13.1 Å². The highest BCUT2D eigenvalue weighted by Gasteiger charge is 2.40. The summed E-state index contributed by atoms with van der Waals surface area (Å²) in [6, 6.07) is 8.91. The molecular weight excluding hydrogens is 274 g/mol. The van der Waals surface area contributed by atoms with Gasteiger partial charge >= 0.3 is 0 Å². The van der Waals surface area contributed by atoms with Crippen LogP contribution in [0.4, 0.5) is 0 Å². The molecule has 1 fully saturated rings. The van der Waals surface area contributed by atoms with Gasteiger partial charge in [-0.15, -0.1) is 0 Å². The highest BCUT2D eigenvalue weighted by atomic mass is 16.5. The Balaban J connectivity index is 1.78. The molecule has 0 amide bonds. The van der Waals surface area contributed by atoms with Crippen molar-refractivity contribution in [1.29, 1.82) is 0 Å². The zero-order chi connectivity index (χ0) is 15.2. The van der Waals surface area contributed by atoms with Crippen LogP contribution in [0.3, 0.4) is 0 Å². The number of likely N-dealkylation sites (tertiary alicyclic amines) is 1. The first kappa shape index (κ1) is 16.2. The van der Waals surface area contributed by atoms with Gasteiger partial charge in [-0.05, 0) is 18.6 Å². The summed E-state index contributed by atoms with van der Waals surface area (Å²) < 4.78 is 5.58. The average Bonchev–Trinajstić information content (AvgIpc) is 2.50. The van der Waals surface area contributed by atoms with Crippen molar-refractivity contribution in [2.24, 2.45) is 0 Å². The van der Waals surface area contributed by atoms with Crippen LogP contribution in [0.2, 0.25) is 0 Å². The molecule has 6 nitrogen and oxygen atoms in total. The number of β-amino-alcohol motifs (C(OH)–C–C–N with tert-alkyl or cyclic N) is 1. The second-order valence-corrected chi connectivity index (χ2v) is 5.31. The second kappa shape index (κ2) is 7.72. The van der Waals surface area contributed by atoms with E-state index in [1.54, 1.807) is 4.90 Å². The van der Waals surface area contributed by atoms with Crippen LogP contribution in [0.1, 0.15) is 6.42 Å². The number of hydrogen-bond donors (Lipinski definition) is 4. The van der Waals surface area contributed by atoms with Gasteiger partial charge in [-0.25, -0.2) is 0 Å². The zero-order valence-corrected chi connectivity index (χ0v) is 11.9. The molecule has 1 aromatic carbocycles. The summed E-state index contributed by atoms with van der Waals surface area (Å²) in [5.74, 6) is 0.797. The molecule has 0 aromatic heterocycles. The van der Waals surface area contributed by atoms with Crippen molar-refractivity contribution in [3.63, 3.8) is 0 Å². The van der Waals surface area contributed by atoms with Gasteiger partial charge in [0.25, 0.3) is 0 Å². The predicted molar refractivity (Wildman–Crippen MR) is 77.0 cm³/mol. The molecule has 4 unspecified atom stereocenters. The van der Waals surface area contributed by atoms with Gasteiger partial charge in [0.05, 0.1) is 25.4 Å². The molecule has 21 heavy (non-hydrogen) atoms. The first-order valence-electron chi connectivity index (χ1n) is 7.20. The molecule has 1 aliphatic heterocycles. The molecule has 1 heterocycles. The van der Waals surface area contributed by atoms with E-state index in [1.165, 1.54) is 0 Å². The van der Waals surface area contributed by atoms with Crippen LogP contribution in [-0.4, -0.2) is 76.0 Å². The van der Waals surface area contributed by atoms with E-state index in [-0.39, 0.29) is 13.2 Å². The standard InChI is InChI=1S/C15H23NO5/c17-10-12-14(19)15(20)13(18)9-16(12)7-4-8-21-11-5-2-1-3-6-11/h1-3,5-6,12-15,17-20H,4,7-10H2. The highest BCUT2D eigenvalue weighted by Crippen LogP contribution is 2.19. The minimum atomic E-state index is -1.21. The van der Waals surface area contributed by atoms with Gasteiger partial charge in [0.1, 0.15) is 18.0 Å². The van der Waals surface area contributed by atoms with Gasteiger partial charge in [-0.1, -0.05) is 18.2 Å². The van der Waals surface area contributed by atoms with Crippen molar-refractivity contribution in [1.82, 2.24) is 4.90 Å². The van der Waals surface area contributed by atoms with Gasteiger partial charge in [0.15, 0.2) is 0 Å². The summed E-state index contributed by atoms with van der Waals surface area (Å²) in [4.78, 5) is 1.79. The van der Waals surface area contributed by atoms with Crippen LogP contribution in [0.5, 0.6) is 5.75 Å². The Morgan fingerprint density at radius 2 is 1.81 bits per heavy atom. The molecule has 1 aliphatic rings. The lowest BCUT2D eigenvalue weighted by Crippen LogP contribution is -2.62. The highest BCUT2D eigenvalue weighted by molar-refractivity contribution is 5.20. The van der Waals surface area contributed by atoms with Crippen LogP contribution in [0.15, 0.2) is 30.3 Å². The van der Waals surface area contributed by atoms with Gasteiger partial charge in [-0.2, -0.15) is 0 Å². The Labute approximate surface area is 124 Å². The molecule has 118 valence electrons. The number of nitrogens with zero attached hydrogens (tertiary/aromatic N) is 1. The van der Waals surface area contributed by atoms with Crippen molar-refractivity contribution < 1.29 is 25.2 Å². The number of ether oxygens (including phenoxy) is 1. The first-order valence-corrected chi connectivity index (χ1v) is 7.20. The molecule has 0 aliphatic carbocycles. The molecule has 0 bridgehead atoms. The smallest absolute Gasteiger partial charge is 0.119 e. The average molecular weight is 297 g/mol. The van der Waals surface area contributed by atoms with E-state index in [2.05, 4.69) is 0 Å². The Morgan fingerprint density at radius 3 is 2.48 bits per heavy atom. The third kappa shape index (κ3) is 4.15. The monoisotopic (exact) mass is 297 g/mol. The van der Waals surface area contributed by atoms with Crippen molar-refractivity contribution >= 4 is 0 Å². The summed E-state index contributed by atoms with van der Waals surface area (Å²) in [6.45, 7) is 1.05. The topological polar surface area (TPSA) is 93.4 Å². The van der Waals surface area contributed by atoms with Crippen molar-refractivity contribution in [2.75, 3.05) is 26.3 Å². The normalized spacial score (nSPS) is 30.3. The molecule has 0 saturated carbocycles. The van der Waals surface area contributed by atoms with Gasteiger partial charge in [0.2, 0.25) is 0 Å². The quantitative estimate of drug-likeness (QED) is 0.515. The van der Waals surface area contributed by atoms with E-state index >= 15 is 0 Å². The maximum Gasteiger partial charge on any atom is 0.119 e. The Bertz CT molecular complexity index is 416. The number of hydrogen-bond acceptors (Lipinski definition) is 6. The number of benzene rings is 1. The number of para-hydroxylation sites is 1. The summed E-state index contributed by atoms with van der Waals surface area (Å²) in [5, 5.41) is 38.5. The second-order valence-electron chi connectivity index (χ2n) is 5.31. The zero-order valence-electron chi connectivity index (χ0n) is 11.9. The molecule has 6 heteroatoms. The Kier molecular flexibility index (Phi) is 5.96. The van der Waals surface area contributed by atoms with E-state index in [1.807, 2.05) is 30.3 Å². The molecule has 1 saturated heterocycles.